The smallest absolute Gasteiger partial charge is 0.411 e. The molecule has 2 rings (SSSR count). The number of amides is 3. The summed E-state index contributed by atoms with van der Waals surface area (Å²) in [6.45, 7) is 9.20. The van der Waals surface area contributed by atoms with Gasteiger partial charge in [0.25, 0.3) is 0 Å². The fourth-order valence-corrected chi connectivity index (χ4v) is 3.14. The molecular weight excluding hydrogens is 432 g/mol. The van der Waals surface area contributed by atoms with Gasteiger partial charge in [-0.3, -0.25) is 15.1 Å². The van der Waals surface area contributed by atoms with Crippen molar-refractivity contribution in [2.45, 2.75) is 59.3 Å². The van der Waals surface area contributed by atoms with Crippen LogP contribution in [0.25, 0.3) is 0 Å². The summed E-state index contributed by atoms with van der Waals surface area (Å²) < 4.78 is 10.4. The number of rotatable bonds is 8. The molecule has 0 aliphatic heterocycles. The van der Waals surface area contributed by atoms with Gasteiger partial charge in [-0.15, -0.1) is 11.3 Å². The second-order valence-corrected chi connectivity index (χ2v) is 9.22. The Morgan fingerprint density at radius 2 is 1.81 bits per heavy atom. The molecule has 0 aliphatic rings. The third kappa shape index (κ3) is 8.54. The van der Waals surface area contributed by atoms with Gasteiger partial charge in [0.2, 0.25) is 5.91 Å². The average Bonchev–Trinajstić information content (AvgIpc) is 3.22. The third-order valence-electron chi connectivity index (χ3n) is 4.37. The Morgan fingerprint density at radius 1 is 1.12 bits per heavy atom. The van der Waals surface area contributed by atoms with E-state index in [1.165, 1.54) is 11.3 Å². The zero-order valence-electron chi connectivity index (χ0n) is 18.9. The number of thiazole rings is 1. The summed E-state index contributed by atoms with van der Waals surface area (Å²) in [6.07, 6.45) is 1.04. The number of carbonyl (C=O) groups excluding carboxylic acids is 3. The highest BCUT2D eigenvalue weighted by Gasteiger charge is 2.28. The van der Waals surface area contributed by atoms with E-state index in [1.807, 2.05) is 13.8 Å². The summed E-state index contributed by atoms with van der Waals surface area (Å²) in [5, 5.41) is 8.06. The summed E-state index contributed by atoms with van der Waals surface area (Å²) in [5.74, 6) is -0.499. The van der Waals surface area contributed by atoms with E-state index in [9.17, 15) is 14.4 Å². The Hall–Kier alpha value is -3.14. The molecule has 0 saturated carbocycles. The summed E-state index contributed by atoms with van der Waals surface area (Å²) in [5.41, 5.74) is 1.91. The number of alkyl carbamates (subject to hydrolysis) is 1. The summed E-state index contributed by atoms with van der Waals surface area (Å²) in [4.78, 5) is 41.8. The Morgan fingerprint density at radius 3 is 2.41 bits per heavy atom. The Kier molecular flexibility index (Phi) is 9.01. The van der Waals surface area contributed by atoms with E-state index in [4.69, 9.17) is 9.47 Å². The number of anilines is 2. The van der Waals surface area contributed by atoms with Crippen LogP contribution in [-0.4, -0.2) is 34.7 Å². The van der Waals surface area contributed by atoms with Crippen LogP contribution in [0.4, 0.5) is 21.0 Å². The van der Waals surface area contributed by atoms with E-state index in [1.54, 1.807) is 56.7 Å². The zero-order valence-corrected chi connectivity index (χ0v) is 19.7. The van der Waals surface area contributed by atoms with Crippen molar-refractivity contribution in [3.05, 3.63) is 40.8 Å². The molecule has 9 nitrogen and oxygen atoms in total. The molecule has 0 fully saturated rings. The quantitative estimate of drug-likeness (QED) is 0.520. The normalized spacial score (nSPS) is 12.9. The maximum absolute atomic E-state index is 12.9. The SMILES string of the molecule is CC[C@H](C)[C@H](NC(=O)OC(C)(C)C)C(=O)Nc1cccc(NC(=O)OCc2cncs2)c1. The molecule has 0 radical (unpaired) electrons. The van der Waals surface area contributed by atoms with Crippen molar-refractivity contribution in [1.29, 1.82) is 0 Å². The van der Waals surface area contributed by atoms with Gasteiger partial charge in [0.05, 0.1) is 10.4 Å². The van der Waals surface area contributed by atoms with Crippen molar-refractivity contribution >= 4 is 40.8 Å². The molecular formula is C22H30N4O5S. The van der Waals surface area contributed by atoms with Crippen LogP contribution < -0.4 is 16.0 Å². The van der Waals surface area contributed by atoms with E-state index in [0.29, 0.717) is 17.8 Å². The fraction of sp³-hybridized carbons (Fsp3) is 0.455. The first-order valence-corrected chi connectivity index (χ1v) is 11.2. The van der Waals surface area contributed by atoms with Gasteiger partial charge in [-0.2, -0.15) is 0 Å². The molecule has 2 aromatic rings. The molecule has 10 heteroatoms. The van der Waals surface area contributed by atoms with Crippen LogP contribution in [0.3, 0.4) is 0 Å². The van der Waals surface area contributed by atoms with Crippen molar-refractivity contribution in [2.24, 2.45) is 5.92 Å². The van der Waals surface area contributed by atoms with Gasteiger partial charge < -0.3 is 20.1 Å². The van der Waals surface area contributed by atoms with E-state index in [-0.39, 0.29) is 18.4 Å². The number of nitrogens with zero attached hydrogens (tertiary/aromatic N) is 1. The minimum absolute atomic E-state index is 0.120. The lowest BCUT2D eigenvalue weighted by molar-refractivity contribution is -0.119. The second-order valence-electron chi connectivity index (χ2n) is 8.25. The van der Waals surface area contributed by atoms with Gasteiger partial charge in [0.15, 0.2) is 0 Å². The second kappa shape index (κ2) is 11.5. The molecule has 3 N–H and O–H groups in total. The number of hydrogen-bond donors (Lipinski definition) is 3. The van der Waals surface area contributed by atoms with E-state index < -0.39 is 23.8 Å². The van der Waals surface area contributed by atoms with Crippen molar-refractivity contribution < 1.29 is 23.9 Å². The fourth-order valence-electron chi connectivity index (χ4n) is 2.64. The van der Waals surface area contributed by atoms with Gasteiger partial charge in [0.1, 0.15) is 18.2 Å². The average molecular weight is 463 g/mol. The lowest BCUT2D eigenvalue weighted by Crippen LogP contribution is -2.49. The highest BCUT2D eigenvalue weighted by atomic mass is 32.1. The van der Waals surface area contributed by atoms with Crippen LogP contribution in [0.5, 0.6) is 0 Å². The largest absolute Gasteiger partial charge is 0.444 e. The topological polar surface area (TPSA) is 119 Å². The van der Waals surface area contributed by atoms with Gasteiger partial charge >= 0.3 is 12.2 Å². The molecule has 2 atom stereocenters. The molecule has 0 spiro atoms. The van der Waals surface area contributed by atoms with Crippen LogP contribution in [0.1, 0.15) is 45.9 Å². The first-order chi connectivity index (χ1) is 15.1. The number of hydrogen-bond acceptors (Lipinski definition) is 7. The van der Waals surface area contributed by atoms with Crippen LogP contribution in [0, 0.1) is 5.92 Å². The summed E-state index contributed by atoms with van der Waals surface area (Å²) in [7, 11) is 0. The molecule has 174 valence electrons. The maximum Gasteiger partial charge on any atom is 0.411 e. The van der Waals surface area contributed by atoms with Gasteiger partial charge in [0, 0.05) is 17.6 Å². The van der Waals surface area contributed by atoms with Gasteiger partial charge in [-0.25, -0.2) is 9.59 Å². The molecule has 1 heterocycles. The lowest BCUT2D eigenvalue weighted by atomic mass is 9.98. The number of ether oxygens (including phenoxy) is 2. The molecule has 32 heavy (non-hydrogen) atoms. The molecule has 0 saturated heterocycles. The summed E-state index contributed by atoms with van der Waals surface area (Å²) in [6, 6.07) is 5.87. The van der Waals surface area contributed by atoms with Crippen molar-refractivity contribution in [2.75, 3.05) is 10.6 Å². The van der Waals surface area contributed by atoms with Crippen LogP contribution in [0.2, 0.25) is 0 Å². The van der Waals surface area contributed by atoms with Crippen molar-refractivity contribution in [1.82, 2.24) is 10.3 Å². The van der Waals surface area contributed by atoms with Crippen LogP contribution in [0.15, 0.2) is 36.0 Å². The number of nitrogens with one attached hydrogen (secondary N) is 3. The lowest BCUT2D eigenvalue weighted by Gasteiger charge is -2.26. The highest BCUT2D eigenvalue weighted by molar-refractivity contribution is 7.09. The van der Waals surface area contributed by atoms with Crippen LogP contribution in [-0.2, 0) is 20.9 Å². The predicted molar refractivity (Wildman–Crippen MR) is 124 cm³/mol. The van der Waals surface area contributed by atoms with E-state index >= 15 is 0 Å². The van der Waals surface area contributed by atoms with Gasteiger partial charge in [-0.05, 0) is 44.9 Å². The highest BCUT2D eigenvalue weighted by Crippen LogP contribution is 2.18. The predicted octanol–water partition coefficient (Wildman–Crippen LogP) is 4.77. The Labute approximate surface area is 191 Å². The minimum atomic E-state index is -0.782. The van der Waals surface area contributed by atoms with Crippen molar-refractivity contribution in [3.63, 3.8) is 0 Å². The molecule has 1 aromatic heterocycles. The number of carbonyl (C=O) groups is 3. The Bertz CT molecular complexity index is 911. The molecule has 0 aliphatic carbocycles. The monoisotopic (exact) mass is 462 g/mol. The molecule has 3 amide bonds. The van der Waals surface area contributed by atoms with E-state index in [0.717, 1.165) is 4.88 Å². The third-order valence-corrected chi connectivity index (χ3v) is 5.13. The summed E-state index contributed by atoms with van der Waals surface area (Å²) >= 11 is 1.39. The zero-order chi connectivity index (χ0) is 23.7. The molecule has 0 bridgehead atoms. The van der Waals surface area contributed by atoms with Crippen molar-refractivity contribution in [3.8, 4) is 0 Å². The minimum Gasteiger partial charge on any atom is -0.444 e. The number of benzene rings is 1. The van der Waals surface area contributed by atoms with Gasteiger partial charge in [-0.1, -0.05) is 26.3 Å². The molecule has 0 unspecified atom stereocenters. The molecule has 1 aromatic carbocycles. The maximum atomic E-state index is 12.9. The first-order valence-electron chi connectivity index (χ1n) is 10.3. The number of aromatic nitrogens is 1. The van der Waals surface area contributed by atoms with Crippen LogP contribution >= 0.6 is 11.3 Å². The Balaban J connectivity index is 1.98. The standard InChI is InChI=1S/C22H30N4O5S/c1-6-14(2)18(26-21(29)31-22(3,4)5)19(27)24-15-8-7-9-16(10-15)25-20(28)30-12-17-11-23-13-32-17/h7-11,13-14,18H,6,12H2,1-5H3,(H,24,27)(H,25,28)(H,26,29)/t14-,18-/m0/s1. The first kappa shape index (κ1) is 25.1. The van der Waals surface area contributed by atoms with E-state index in [2.05, 4.69) is 20.9 Å².